The Labute approximate surface area is 118 Å². The summed E-state index contributed by atoms with van der Waals surface area (Å²) in [6.45, 7) is 3.43. The van der Waals surface area contributed by atoms with E-state index in [2.05, 4.69) is 6.07 Å². The van der Waals surface area contributed by atoms with Crippen LogP contribution in [0, 0.1) is 5.92 Å². The molecule has 19 heavy (non-hydrogen) atoms. The number of piperidine rings is 1. The van der Waals surface area contributed by atoms with Crippen LogP contribution in [0.3, 0.4) is 0 Å². The number of fused-ring (bicyclic) bond motifs is 1. The van der Waals surface area contributed by atoms with Crippen LogP contribution >= 0.6 is 11.3 Å². The monoisotopic (exact) mass is 279 g/mol. The molecule has 1 aliphatic carbocycles. The van der Waals surface area contributed by atoms with Gasteiger partial charge in [0.2, 0.25) is 0 Å². The number of nitrogens with zero attached hydrogens (tertiary/aromatic N) is 1. The highest BCUT2D eigenvalue weighted by molar-refractivity contribution is 7.14. The number of thiophene rings is 1. The first-order valence-electron chi connectivity index (χ1n) is 7.24. The molecule has 1 fully saturated rings. The molecular weight excluding hydrogens is 258 g/mol. The molecule has 1 saturated heterocycles. The number of aliphatic hydroxyl groups excluding tert-OH is 1. The lowest BCUT2D eigenvalue weighted by Gasteiger charge is -2.33. The Hall–Kier alpha value is -0.870. The van der Waals surface area contributed by atoms with Crippen LogP contribution in [0.15, 0.2) is 6.07 Å². The maximum Gasteiger partial charge on any atom is 0.263 e. The molecule has 2 heterocycles. The standard InChI is InChI=1S/C15H21NO2S/c1-10(17)11-5-7-16(8-6-11)15(18)14-9-12-3-2-4-13(12)19-14/h9-11,17H,2-8H2,1H3. The van der Waals surface area contributed by atoms with E-state index in [4.69, 9.17) is 0 Å². The number of rotatable bonds is 2. The van der Waals surface area contributed by atoms with Crippen LogP contribution in [0.5, 0.6) is 0 Å². The highest BCUT2D eigenvalue weighted by Crippen LogP contribution is 2.32. The Bertz CT molecular complexity index is 451. The summed E-state index contributed by atoms with van der Waals surface area (Å²) < 4.78 is 0. The normalized spacial score (nSPS) is 21.5. The molecule has 0 spiro atoms. The third-order valence-electron chi connectivity index (χ3n) is 4.47. The number of aryl methyl sites for hydroxylation is 2. The summed E-state index contributed by atoms with van der Waals surface area (Å²) in [7, 11) is 0. The number of hydrogen-bond acceptors (Lipinski definition) is 3. The predicted molar refractivity (Wildman–Crippen MR) is 76.7 cm³/mol. The lowest BCUT2D eigenvalue weighted by atomic mass is 9.92. The van der Waals surface area contributed by atoms with Crippen molar-refractivity contribution in [1.29, 1.82) is 0 Å². The highest BCUT2D eigenvalue weighted by atomic mass is 32.1. The van der Waals surface area contributed by atoms with Crippen molar-refractivity contribution in [2.24, 2.45) is 5.92 Å². The van der Waals surface area contributed by atoms with Gasteiger partial charge in [0.15, 0.2) is 0 Å². The van der Waals surface area contributed by atoms with Crippen molar-refractivity contribution in [3.8, 4) is 0 Å². The maximum atomic E-state index is 12.5. The van der Waals surface area contributed by atoms with Crippen LogP contribution in [0.2, 0.25) is 0 Å². The van der Waals surface area contributed by atoms with E-state index >= 15 is 0 Å². The Kier molecular flexibility index (Phi) is 3.63. The molecule has 1 aromatic heterocycles. The van der Waals surface area contributed by atoms with Crippen molar-refractivity contribution in [2.45, 2.75) is 45.1 Å². The molecule has 1 atom stereocenters. The van der Waals surface area contributed by atoms with Crippen LogP contribution < -0.4 is 0 Å². The maximum absolute atomic E-state index is 12.5. The Morgan fingerprint density at radius 2 is 2.16 bits per heavy atom. The van der Waals surface area contributed by atoms with E-state index in [0.717, 1.165) is 43.6 Å². The van der Waals surface area contributed by atoms with Crippen LogP contribution in [0.25, 0.3) is 0 Å². The second-order valence-corrected chi connectivity index (χ2v) is 6.92. The SMILES string of the molecule is CC(O)C1CCN(C(=O)c2cc3c(s2)CCC3)CC1. The molecule has 2 aliphatic rings. The van der Waals surface area contributed by atoms with Crippen LogP contribution in [0.4, 0.5) is 0 Å². The van der Waals surface area contributed by atoms with E-state index in [1.165, 1.54) is 16.9 Å². The molecule has 1 aliphatic heterocycles. The van der Waals surface area contributed by atoms with Gasteiger partial charge in [0.05, 0.1) is 11.0 Å². The summed E-state index contributed by atoms with van der Waals surface area (Å²) in [5.74, 6) is 0.556. The number of carbonyl (C=O) groups is 1. The van der Waals surface area contributed by atoms with Crippen LogP contribution in [-0.4, -0.2) is 35.1 Å². The molecule has 0 radical (unpaired) electrons. The molecule has 1 unspecified atom stereocenters. The lowest BCUT2D eigenvalue weighted by molar-refractivity contribution is 0.0525. The average molecular weight is 279 g/mol. The van der Waals surface area contributed by atoms with Gasteiger partial charge < -0.3 is 10.0 Å². The zero-order chi connectivity index (χ0) is 13.4. The summed E-state index contributed by atoms with van der Waals surface area (Å²) in [4.78, 5) is 16.7. The van der Waals surface area contributed by atoms with Gasteiger partial charge >= 0.3 is 0 Å². The number of hydrogen-bond donors (Lipinski definition) is 1. The van der Waals surface area contributed by atoms with Gasteiger partial charge in [-0.15, -0.1) is 11.3 Å². The smallest absolute Gasteiger partial charge is 0.263 e. The number of aliphatic hydroxyl groups is 1. The minimum Gasteiger partial charge on any atom is -0.393 e. The van der Waals surface area contributed by atoms with Crippen molar-refractivity contribution >= 4 is 17.2 Å². The molecule has 1 N–H and O–H groups in total. The van der Waals surface area contributed by atoms with Gasteiger partial charge in [-0.05, 0) is 56.6 Å². The second kappa shape index (κ2) is 5.25. The molecule has 0 bridgehead atoms. The van der Waals surface area contributed by atoms with Crippen molar-refractivity contribution < 1.29 is 9.90 Å². The summed E-state index contributed by atoms with van der Waals surface area (Å²) in [6.07, 6.45) is 5.14. The molecule has 3 rings (SSSR count). The molecular formula is C15H21NO2S. The fourth-order valence-corrected chi connectivity index (χ4v) is 4.40. The number of amides is 1. The summed E-state index contributed by atoms with van der Waals surface area (Å²) in [5.41, 5.74) is 1.40. The third kappa shape index (κ3) is 2.56. The molecule has 1 aromatic rings. The van der Waals surface area contributed by atoms with E-state index in [1.54, 1.807) is 11.3 Å². The fourth-order valence-electron chi connectivity index (χ4n) is 3.18. The van der Waals surface area contributed by atoms with Gasteiger partial charge in [0, 0.05) is 18.0 Å². The van der Waals surface area contributed by atoms with Crippen molar-refractivity contribution in [3.05, 3.63) is 21.4 Å². The third-order valence-corrected chi connectivity index (χ3v) is 5.69. The van der Waals surface area contributed by atoms with E-state index in [9.17, 15) is 9.90 Å². The summed E-state index contributed by atoms with van der Waals surface area (Å²) in [6, 6.07) is 2.11. The van der Waals surface area contributed by atoms with Gasteiger partial charge in [0.25, 0.3) is 5.91 Å². The first-order chi connectivity index (χ1) is 9.15. The lowest BCUT2D eigenvalue weighted by Crippen LogP contribution is -2.40. The van der Waals surface area contributed by atoms with Gasteiger partial charge in [0.1, 0.15) is 0 Å². The van der Waals surface area contributed by atoms with E-state index in [1.807, 2.05) is 11.8 Å². The second-order valence-electron chi connectivity index (χ2n) is 5.78. The Balaban J connectivity index is 1.65. The predicted octanol–water partition coefficient (Wildman–Crippen LogP) is 2.47. The first-order valence-corrected chi connectivity index (χ1v) is 8.05. The van der Waals surface area contributed by atoms with E-state index < -0.39 is 0 Å². The van der Waals surface area contributed by atoms with E-state index in [-0.39, 0.29) is 12.0 Å². The van der Waals surface area contributed by atoms with Gasteiger partial charge in [-0.3, -0.25) is 4.79 Å². The molecule has 0 aromatic carbocycles. The molecule has 1 amide bonds. The summed E-state index contributed by atoms with van der Waals surface area (Å²) in [5, 5.41) is 9.60. The van der Waals surface area contributed by atoms with Crippen LogP contribution in [0.1, 0.15) is 46.3 Å². The number of carbonyl (C=O) groups excluding carboxylic acids is 1. The summed E-state index contributed by atoms with van der Waals surface area (Å²) >= 11 is 1.69. The zero-order valence-electron chi connectivity index (χ0n) is 11.4. The first kappa shape index (κ1) is 13.1. The zero-order valence-corrected chi connectivity index (χ0v) is 12.2. The molecule has 4 heteroatoms. The van der Waals surface area contributed by atoms with Crippen molar-refractivity contribution in [1.82, 2.24) is 4.90 Å². The van der Waals surface area contributed by atoms with Crippen molar-refractivity contribution in [2.75, 3.05) is 13.1 Å². The van der Waals surface area contributed by atoms with Crippen molar-refractivity contribution in [3.63, 3.8) is 0 Å². The van der Waals surface area contributed by atoms with E-state index in [0.29, 0.717) is 5.92 Å². The average Bonchev–Trinajstić information content (AvgIpc) is 2.98. The molecule has 0 saturated carbocycles. The molecule has 3 nitrogen and oxygen atoms in total. The van der Waals surface area contributed by atoms with Gasteiger partial charge in [-0.25, -0.2) is 0 Å². The minimum absolute atomic E-state index is 0.198. The quantitative estimate of drug-likeness (QED) is 0.903. The topological polar surface area (TPSA) is 40.5 Å². The number of likely N-dealkylation sites (tertiary alicyclic amines) is 1. The van der Waals surface area contributed by atoms with Gasteiger partial charge in [-0.2, -0.15) is 0 Å². The fraction of sp³-hybridized carbons (Fsp3) is 0.667. The highest BCUT2D eigenvalue weighted by Gasteiger charge is 2.27. The Morgan fingerprint density at radius 1 is 1.42 bits per heavy atom. The van der Waals surface area contributed by atoms with Gasteiger partial charge in [-0.1, -0.05) is 0 Å². The van der Waals surface area contributed by atoms with Crippen LogP contribution in [-0.2, 0) is 12.8 Å². The molecule has 104 valence electrons. The Morgan fingerprint density at radius 3 is 2.79 bits per heavy atom. The minimum atomic E-state index is -0.247. The largest absolute Gasteiger partial charge is 0.393 e.